The fourth-order valence-corrected chi connectivity index (χ4v) is 3.50. The maximum absolute atomic E-state index is 12.3. The number of esters is 1. The molecule has 0 radical (unpaired) electrons. The van der Waals surface area contributed by atoms with Gasteiger partial charge in [0, 0.05) is 22.0 Å². The van der Waals surface area contributed by atoms with Crippen LogP contribution in [0.2, 0.25) is 0 Å². The summed E-state index contributed by atoms with van der Waals surface area (Å²) in [5.41, 5.74) is 2.44. The number of ether oxygens (including phenoxy) is 2. The van der Waals surface area contributed by atoms with Gasteiger partial charge in [0.1, 0.15) is 0 Å². The second kappa shape index (κ2) is 8.23. The van der Waals surface area contributed by atoms with Gasteiger partial charge in [-0.05, 0) is 44.5 Å². The lowest BCUT2D eigenvalue weighted by molar-refractivity contribution is -0.130. The summed E-state index contributed by atoms with van der Waals surface area (Å²) >= 11 is 1.67. The quantitative estimate of drug-likeness (QED) is 0.286. The van der Waals surface area contributed by atoms with Crippen LogP contribution in [-0.2, 0) is 9.53 Å². The third-order valence-electron chi connectivity index (χ3n) is 3.80. The largest absolute Gasteiger partial charge is 0.421 e. The molecule has 3 rings (SSSR count). The van der Waals surface area contributed by atoms with Gasteiger partial charge in [0.05, 0.1) is 18.0 Å². The third kappa shape index (κ3) is 4.24. The Hall–Kier alpha value is -2.24. The van der Waals surface area contributed by atoms with Crippen LogP contribution in [0, 0.1) is 0 Å². The molecule has 25 heavy (non-hydrogen) atoms. The van der Waals surface area contributed by atoms with Crippen LogP contribution in [0.3, 0.4) is 0 Å². The normalized spacial score (nSPS) is 12.8. The van der Waals surface area contributed by atoms with Crippen LogP contribution in [0.1, 0.15) is 20.3 Å². The van der Waals surface area contributed by atoms with E-state index >= 15 is 0 Å². The highest BCUT2D eigenvalue weighted by Gasteiger charge is 2.20. The Morgan fingerprint density at radius 3 is 2.80 bits per heavy atom. The van der Waals surface area contributed by atoms with Gasteiger partial charge in [-0.1, -0.05) is 36.0 Å². The smallest absolute Gasteiger partial charge is 0.338 e. The predicted molar refractivity (Wildman–Crippen MR) is 101 cm³/mol. The van der Waals surface area contributed by atoms with Gasteiger partial charge in [0.2, 0.25) is 0 Å². The number of hydrogen-bond acceptors (Lipinski definition) is 5. The number of hydrogen-bond donors (Lipinski definition) is 1. The van der Waals surface area contributed by atoms with Crippen molar-refractivity contribution in [3.05, 3.63) is 54.1 Å². The first-order valence-corrected chi connectivity index (χ1v) is 9.14. The highest BCUT2D eigenvalue weighted by molar-refractivity contribution is 7.99. The summed E-state index contributed by atoms with van der Waals surface area (Å²) in [5.74, 6) is 0.206. The predicted octanol–water partition coefficient (Wildman–Crippen LogP) is 5.17. The van der Waals surface area contributed by atoms with E-state index in [0.717, 1.165) is 21.2 Å². The zero-order valence-electron chi connectivity index (χ0n) is 14.4. The molecule has 4 nitrogen and oxygen atoms in total. The molecule has 0 fully saturated rings. The number of anilines is 2. The molecule has 2 aromatic carbocycles. The number of rotatable bonds is 6. The summed E-state index contributed by atoms with van der Waals surface area (Å²) in [4.78, 5) is 14.5. The lowest BCUT2D eigenvalue weighted by Crippen LogP contribution is -2.12. The molecule has 1 N–H and O–H groups in total. The summed E-state index contributed by atoms with van der Waals surface area (Å²) in [7, 11) is 0. The van der Waals surface area contributed by atoms with Crippen molar-refractivity contribution in [2.75, 3.05) is 18.5 Å². The lowest BCUT2D eigenvalue weighted by atomic mass is 10.2. The van der Waals surface area contributed by atoms with Crippen LogP contribution in [-0.4, -0.2) is 19.2 Å². The Morgan fingerprint density at radius 1 is 1.16 bits per heavy atom. The molecule has 0 unspecified atom stereocenters. The van der Waals surface area contributed by atoms with Crippen LogP contribution < -0.4 is 10.1 Å². The summed E-state index contributed by atoms with van der Waals surface area (Å²) in [6.45, 7) is 5.00. The van der Waals surface area contributed by atoms with Crippen LogP contribution >= 0.6 is 11.8 Å². The van der Waals surface area contributed by atoms with E-state index in [4.69, 9.17) is 9.47 Å². The third-order valence-corrected chi connectivity index (χ3v) is 4.93. The highest BCUT2D eigenvalue weighted by atomic mass is 32.2. The SMILES string of the molecule is CCOCCC=C(C)C(=O)Oc1cccc2c1Nc1ccccc1S2. The van der Waals surface area contributed by atoms with Crippen LogP contribution in [0.25, 0.3) is 0 Å². The summed E-state index contributed by atoms with van der Waals surface area (Å²) in [6, 6.07) is 13.8. The van der Waals surface area contributed by atoms with E-state index in [9.17, 15) is 4.79 Å². The fraction of sp³-hybridized carbons (Fsp3) is 0.250. The molecule has 0 spiro atoms. The van der Waals surface area contributed by atoms with Gasteiger partial charge in [-0.25, -0.2) is 4.79 Å². The molecule has 0 saturated carbocycles. The van der Waals surface area contributed by atoms with Crippen molar-refractivity contribution in [3.63, 3.8) is 0 Å². The minimum absolute atomic E-state index is 0.337. The Morgan fingerprint density at radius 2 is 1.96 bits per heavy atom. The van der Waals surface area contributed by atoms with E-state index in [1.807, 2.05) is 49.4 Å². The fourth-order valence-electron chi connectivity index (χ4n) is 2.48. The minimum Gasteiger partial charge on any atom is -0.421 e. The van der Waals surface area contributed by atoms with E-state index in [1.54, 1.807) is 18.7 Å². The summed E-state index contributed by atoms with van der Waals surface area (Å²) < 4.78 is 10.9. The molecule has 130 valence electrons. The average Bonchev–Trinajstić information content (AvgIpc) is 2.63. The van der Waals surface area contributed by atoms with E-state index in [2.05, 4.69) is 11.4 Å². The van der Waals surface area contributed by atoms with Gasteiger partial charge >= 0.3 is 5.97 Å². The number of para-hydroxylation sites is 2. The van der Waals surface area contributed by atoms with Crippen molar-refractivity contribution in [3.8, 4) is 5.75 Å². The number of fused-ring (bicyclic) bond motifs is 2. The zero-order chi connectivity index (χ0) is 17.6. The zero-order valence-corrected chi connectivity index (χ0v) is 15.2. The average molecular weight is 355 g/mol. The second-order valence-corrected chi connectivity index (χ2v) is 6.70. The minimum atomic E-state index is -0.337. The van der Waals surface area contributed by atoms with E-state index < -0.39 is 0 Å². The molecule has 2 aromatic rings. The first kappa shape index (κ1) is 17.6. The van der Waals surface area contributed by atoms with Crippen molar-refractivity contribution in [1.29, 1.82) is 0 Å². The van der Waals surface area contributed by atoms with Crippen molar-refractivity contribution < 1.29 is 14.3 Å². The van der Waals surface area contributed by atoms with Crippen molar-refractivity contribution in [2.24, 2.45) is 0 Å². The molecule has 1 heterocycles. The van der Waals surface area contributed by atoms with Crippen molar-refractivity contribution in [1.82, 2.24) is 0 Å². The van der Waals surface area contributed by atoms with Crippen LogP contribution in [0.5, 0.6) is 5.75 Å². The molecule has 5 heteroatoms. The molecule has 1 aliphatic rings. The van der Waals surface area contributed by atoms with Gasteiger partial charge in [-0.15, -0.1) is 0 Å². The molecular weight excluding hydrogens is 334 g/mol. The molecule has 0 atom stereocenters. The molecule has 0 aliphatic carbocycles. The summed E-state index contributed by atoms with van der Waals surface area (Å²) in [5, 5.41) is 3.38. The summed E-state index contributed by atoms with van der Waals surface area (Å²) in [6.07, 6.45) is 2.55. The van der Waals surface area contributed by atoms with Gasteiger partial charge in [-0.2, -0.15) is 0 Å². The van der Waals surface area contributed by atoms with Crippen LogP contribution in [0.15, 0.2) is 63.9 Å². The molecule has 0 amide bonds. The second-order valence-electron chi connectivity index (χ2n) is 5.61. The number of nitrogens with one attached hydrogen (secondary N) is 1. The van der Waals surface area contributed by atoms with Gasteiger partial charge < -0.3 is 14.8 Å². The van der Waals surface area contributed by atoms with Gasteiger partial charge in [0.15, 0.2) is 5.75 Å². The first-order valence-electron chi connectivity index (χ1n) is 8.32. The Kier molecular flexibility index (Phi) is 5.79. The maximum Gasteiger partial charge on any atom is 0.338 e. The Labute approximate surface area is 152 Å². The topological polar surface area (TPSA) is 47.6 Å². The molecule has 0 saturated heterocycles. The van der Waals surface area contributed by atoms with Gasteiger partial charge in [0.25, 0.3) is 0 Å². The van der Waals surface area contributed by atoms with E-state index in [0.29, 0.717) is 31.0 Å². The molecular formula is C20H21NO3S. The number of benzene rings is 2. The molecule has 0 bridgehead atoms. The van der Waals surface area contributed by atoms with Crippen LogP contribution in [0.4, 0.5) is 11.4 Å². The lowest BCUT2D eigenvalue weighted by Gasteiger charge is -2.22. The standard InChI is InChI=1S/C20H21NO3S/c1-3-23-13-7-8-14(2)20(22)24-16-10-6-12-18-19(16)21-15-9-4-5-11-17(15)25-18/h4-6,8-12,21H,3,7,13H2,1-2H3. The number of carbonyl (C=O) groups excluding carboxylic acids is 1. The van der Waals surface area contributed by atoms with E-state index in [1.165, 1.54) is 0 Å². The Balaban J connectivity index is 1.73. The molecule has 0 aromatic heterocycles. The Bertz CT molecular complexity index is 801. The molecule has 1 aliphatic heterocycles. The van der Waals surface area contributed by atoms with Crippen molar-refractivity contribution in [2.45, 2.75) is 30.1 Å². The monoisotopic (exact) mass is 355 g/mol. The number of carbonyl (C=O) groups is 1. The first-order chi connectivity index (χ1) is 12.2. The highest BCUT2D eigenvalue weighted by Crippen LogP contribution is 2.47. The van der Waals surface area contributed by atoms with Crippen molar-refractivity contribution >= 4 is 29.1 Å². The van der Waals surface area contributed by atoms with E-state index in [-0.39, 0.29) is 5.97 Å². The van der Waals surface area contributed by atoms with Gasteiger partial charge in [-0.3, -0.25) is 0 Å². The maximum atomic E-state index is 12.3.